The molecule has 226 valence electrons. The van der Waals surface area contributed by atoms with Crippen LogP contribution in [-0.4, -0.2) is 37.1 Å². The molecule has 0 heterocycles. The fourth-order valence-corrected chi connectivity index (χ4v) is 6.37. The Hall–Kier alpha value is -1.94. The Labute approximate surface area is 271 Å². The minimum atomic E-state index is -1.64. The lowest BCUT2D eigenvalue weighted by atomic mass is 9.77. The first-order chi connectivity index (χ1) is 19.8. The highest BCUT2D eigenvalue weighted by atomic mass is 35.5. The van der Waals surface area contributed by atoms with E-state index >= 15 is 0 Å². The van der Waals surface area contributed by atoms with Gasteiger partial charge in [0.15, 0.2) is 11.5 Å². The van der Waals surface area contributed by atoms with Crippen LogP contribution in [0.3, 0.4) is 0 Å². The summed E-state index contributed by atoms with van der Waals surface area (Å²) < 4.78 is 20.9. The van der Waals surface area contributed by atoms with Crippen LogP contribution in [-0.2, 0) is 19.1 Å². The van der Waals surface area contributed by atoms with E-state index in [1.807, 2.05) is 0 Å². The van der Waals surface area contributed by atoms with Crippen molar-refractivity contribution in [1.82, 2.24) is 0 Å². The van der Waals surface area contributed by atoms with E-state index < -0.39 is 46.5 Å². The molecule has 0 radical (unpaired) electrons. The van der Waals surface area contributed by atoms with Crippen molar-refractivity contribution in [3.05, 3.63) is 53.4 Å². The van der Waals surface area contributed by atoms with Gasteiger partial charge in [-0.05, 0) is 61.5 Å². The first-order valence-corrected chi connectivity index (χ1v) is 15.2. The third kappa shape index (κ3) is 7.40. The number of ether oxygens (including phenoxy) is 4. The first-order valence-electron chi connectivity index (χ1n) is 12.9. The molecule has 2 saturated carbocycles. The van der Waals surface area contributed by atoms with Crippen LogP contribution in [0.5, 0.6) is 11.5 Å². The van der Waals surface area contributed by atoms with Crippen molar-refractivity contribution < 1.29 is 38.1 Å². The van der Waals surface area contributed by atoms with Gasteiger partial charge in [-0.15, -0.1) is 0 Å². The van der Waals surface area contributed by atoms with Gasteiger partial charge in [0.2, 0.25) is 0 Å². The predicted molar refractivity (Wildman–Crippen MR) is 159 cm³/mol. The molecule has 0 unspecified atom stereocenters. The molecule has 8 nitrogen and oxygen atoms in total. The summed E-state index contributed by atoms with van der Waals surface area (Å²) in [7, 11) is 0. The zero-order valence-corrected chi connectivity index (χ0v) is 26.8. The Morgan fingerprint density at radius 3 is 1.26 bits per heavy atom. The summed E-state index contributed by atoms with van der Waals surface area (Å²) in [6.07, 6.45) is 3.55. The van der Waals surface area contributed by atoms with E-state index in [0.717, 1.165) is 37.8 Å². The standard InChI is InChI=1S/C28H24Cl6O8/c1-11-3-13(4-11)9-39-25(35)19-21(33)15(29)7-17(31)23(19)41-27(37)28(38)42-24-18(32)8-16(30)22(34)20(24)26(36)40-10-14-5-12(2)6-14/h7-8,11-14H,3-6,9-10H2,1-2H3. The third-order valence-corrected chi connectivity index (χ3v) is 9.20. The van der Waals surface area contributed by atoms with E-state index in [-0.39, 0.29) is 55.2 Å². The predicted octanol–water partition coefficient (Wildman–Crippen LogP) is 8.52. The molecule has 2 aromatic rings. The van der Waals surface area contributed by atoms with E-state index in [0.29, 0.717) is 11.8 Å². The van der Waals surface area contributed by atoms with E-state index in [4.69, 9.17) is 88.6 Å². The van der Waals surface area contributed by atoms with Crippen molar-refractivity contribution in [3.63, 3.8) is 0 Å². The Balaban J connectivity index is 1.53. The number of hydrogen-bond acceptors (Lipinski definition) is 8. The monoisotopic (exact) mass is 698 g/mol. The molecule has 0 spiro atoms. The highest BCUT2D eigenvalue weighted by Crippen LogP contribution is 2.42. The van der Waals surface area contributed by atoms with Crippen LogP contribution >= 0.6 is 69.6 Å². The maximum absolute atomic E-state index is 12.9. The Bertz CT molecular complexity index is 1320. The lowest BCUT2D eigenvalue weighted by Gasteiger charge is -2.32. The molecule has 4 rings (SSSR count). The van der Waals surface area contributed by atoms with Gasteiger partial charge in [-0.2, -0.15) is 0 Å². The molecule has 0 N–H and O–H groups in total. The zero-order chi connectivity index (χ0) is 30.9. The normalized spacial score (nSPS) is 21.0. The average Bonchev–Trinajstić information content (AvgIpc) is 2.89. The average molecular weight is 701 g/mol. The van der Waals surface area contributed by atoms with Crippen LogP contribution in [0.1, 0.15) is 60.2 Å². The maximum Gasteiger partial charge on any atom is 0.423 e. The van der Waals surface area contributed by atoms with E-state index in [1.165, 1.54) is 0 Å². The number of carbonyl (C=O) groups excluding carboxylic acids is 4. The molecule has 2 aliphatic carbocycles. The molecule has 14 heteroatoms. The Morgan fingerprint density at radius 1 is 0.619 bits per heavy atom. The van der Waals surface area contributed by atoms with Crippen LogP contribution in [0.4, 0.5) is 0 Å². The van der Waals surface area contributed by atoms with Crippen molar-refractivity contribution in [2.24, 2.45) is 23.7 Å². The Kier molecular flexibility index (Phi) is 10.8. The first kappa shape index (κ1) is 33.0. The van der Waals surface area contributed by atoms with Gasteiger partial charge in [-0.25, -0.2) is 19.2 Å². The van der Waals surface area contributed by atoms with E-state index in [1.54, 1.807) is 0 Å². The zero-order valence-electron chi connectivity index (χ0n) is 22.2. The Morgan fingerprint density at radius 2 is 0.952 bits per heavy atom. The molecule has 0 atom stereocenters. The molecule has 0 amide bonds. The molecule has 0 aliphatic heterocycles. The van der Waals surface area contributed by atoms with Crippen LogP contribution in [0.2, 0.25) is 30.1 Å². The molecule has 2 aliphatic rings. The van der Waals surface area contributed by atoms with Crippen molar-refractivity contribution in [1.29, 1.82) is 0 Å². The van der Waals surface area contributed by atoms with Gasteiger partial charge in [-0.3, -0.25) is 0 Å². The minimum absolute atomic E-state index is 0.105. The number of halogens is 6. The number of esters is 4. The number of hydrogen-bond donors (Lipinski definition) is 0. The summed E-state index contributed by atoms with van der Waals surface area (Å²) >= 11 is 37.0. The van der Waals surface area contributed by atoms with Crippen molar-refractivity contribution >= 4 is 93.5 Å². The van der Waals surface area contributed by atoms with Crippen molar-refractivity contribution in [3.8, 4) is 11.5 Å². The topological polar surface area (TPSA) is 105 Å². The molecule has 42 heavy (non-hydrogen) atoms. The summed E-state index contributed by atoms with van der Waals surface area (Å²) in [4.78, 5) is 51.5. The molecule has 0 bridgehead atoms. The van der Waals surface area contributed by atoms with Gasteiger partial charge in [0.1, 0.15) is 11.1 Å². The van der Waals surface area contributed by atoms with Crippen LogP contribution < -0.4 is 9.47 Å². The van der Waals surface area contributed by atoms with Gasteiger partial charge >= 0.3 is 23.9 Å². The smallest absolute Gasteiger partial charge is 0.423 e. The number of rotatable bonds is 8. The fourth-order valence-electron chi connectivity index (χ4n) is 4.93. The van der Waals surface area contributed by atoms with Crippen LogP contribution in [0.25, 0.3) is 0 Å². The lowest BCUT2D eigenvalue weighted by molar-refractivity contribution is -0.156. The fraction of sp³-hybridized carbons (Fsp3) is 0.429. The third-order valence-electron chi connectivity index (χ3n) is 7.06. The molecule has 2 fully saturated rings. The van der Waals surface area contributed by atoms with E-state index in [2.05, 4.69) is 13.8 Å². The SMILES string of the molecule is CC1CC(COC(=O)c2c(Cl)c(Cl)cc(Cl)c2OC(=O)C(=O)Oc2c(Cl)cc(Cl)c(Cl)c2C(=O)OCC2CC(C)C2)C1. The highest BCUT2D eigenvalue weighted by molar-refractivity contribution is 6.47. The van der Waals surface area contributed by atoms with Gasteiger partial charge in [-0.1, -0.05) is 83.5 Å². The molecule has 0 aromatic heterocycles. The molecular formula is C28H24Cl6O8. The van der Waals surface area contributed by atoms with Crippen LogP contribution in [0, 0.1) is 23.7 Å². The van der Waals surface area contributed by atoms with Gasteiger partial charge < -0.3 is 18.9 Å². The molecular weight excluding hydrogens is 677 g/mol. The van der Waals surface area contributed by atoms with Crippen LogP contribution in [0.15, 0.2) is 12.1 Å². The van der Waals surface area contributed by atoms with E-state index in [9.17, 15) is 19.2 Å². The second-order valence-electron chi connectivity index (χ2n) is 10.6. The van der Waals surface area contributed by atoms with Gasteiger partial charge in [0, 0.05) is 0 Å². The van der Waals surface area contributed by atoms with Crippen molar-refractivity contribution in [2.75, 3.05) is 13.2 Å². The second kappa shape index (κ2) is 13.8. The number of carbonyl (C=O) groups is 4. The maximum atomic E-state index is 12.9. The van der Waals surface area contributed by atoms with Gasteiger partial charge in [0.05, 0.1) is 43.3 Å². The summed E-state index contributed by atoms with van der Waals surface area (Å²) in [5.74, 6) is -4.94. The minimum Gasteiger partial charge on any atom is -0.462 e. The quantitative estimate of drug-likeness (QED) is 0.117. The van der Waals surface area contributed by atoms with Crippen molar-refractivity contribution in [2.45, 2.75) is 39.5 Å². The lowest BCUT2D eigenvalue weighted by Crippen LogP contribution is -2.29. The summed E-state index contributed by atoms with van der Waals surface area (Å²) in [5.41, 5.74) is -0.908. The summed E-state index contributed by atoms with van der Waals surface area (Å²) in [5, 5.41) is -1.45. The molecule has 0 saturated heterocycles. The summed E-state index contributed by atoms with van der Waals surface area (Å²) in [6.45, 7) is 4.37. The van der Waals surface area contributed by atoms with Gasteiger partial charge in [0.25, 0.3) is 0 Å². The largest absolute Gasteiger partial charge is 0.462 e. The molecule has 2 aromatic carbocycles. The number of benzene rings is 2. The summed E-state index contributed by atoms with van der Waals surface area (Å²) in [6, 6.07) is 2.24. The highest BCUT2D eigenvalue weighted by Gasteiger charge is 2.34. The second-order valence-corrected chi connectivity index (χ2v) is 13.0.